The van der Waals surface area contributed by atoms with Crippen molar-refractivity contribution in [1.29, 1.82) is 0 Å². The lowest BCUT2D eigenvalue weighted by atomic mass is 10.1. The van der Waals surface area contributed by atoms with E-state index in [1.54, 1.807) is 30.3 Å². The highest BCUT2D eigenvalue weighted by atomic mass is 35.5. The van der Waals surface area contributed by atoms with Crippen molar-refractivity contribution in [3.05, 3.63) is 100 Å². The summed E-state index contributed by atoms with van der Waals surface area (Å²) in [6.45, 7) is 0. The lowest BCUT2D eigenvalue weighted by Crippen LogP contribution is -2.32. The van der Waals surface area contributed by atoms with E-state index in [4.69, 9.17) is 11.6 Å². The SMILES string of the molecule is CN(C)c1ccc(/C=C2/N=C(c3ccccc3)N(c3ccc(F)c(F)c3)C2=O)c(Cl)c1. The molecule has 0 saturated heterocycles. The first kappa shape index (κ1) is 20.8. The minimum absolute atomic E-state index is 0.142. The molecule has 31 heavy (non-hydrogen) atoms. The van der Waals surface area contributed by atoms with Gasteiger partial charge in [-0.2, -0.15) is 0 Å². The fourth-order valence-electron chi connectivity index (χ4n) is 3.22. The van der Waals surface area contributed by atoms with Gasteiger partial charge in [-0.1, -0.05) is 48.0 Å². The molecule has 3 aromatic rings. The number of carbonyl (C=O) groups is 1. The predicted molar refractivity (Wildman–Crippen MR) is 121 cm³/mol. The molecule has 1 aliphatic rings. The van der Waals surface area contributed by atoms with Gasteiger partial charge in [-0.05, 0) is 35.9 Å². The molecule has 3 aromatic carbocycles. The molecule has 4 nitrogen and oxygen atoms in total. The van der Waals surface area contributed by atoms with Crippen LogP contribution in [-0.2, 0) is 4.79 Å². The van der Waals surface area contributed by atoms with Crippen LogP contribution in [0, 0.1) is 11.6 Å². The number of hydrogen-bond acceptors (Lipinski definition) is 3. The molecule has 0 saturated carbocycles. The van der Waals surface area contributed by atoms with Crippen LogP contribution in [-0.4, -0.2) is 25.8 Å². The minimum Gasteiger partial charge on any atom is -0.378 e. The Balaban J connectivity index is 1.81. The van der Waals surface area contributed by atoms with Crippen molar-refractivity contribution in [2.45, 2.75) is 0 Å². The molecule has 0 atom stereocenters. The van der Waals surface area contributed by atoms with Gasteiger partial charge < -0.3 is 4.90 Å². The third-order valence-electron chi connectivity index (χ3n) is 4.85. The van der Waals surface area contributed by atoms with Gasteiger partial charge in [0.25, 0.3) is 5.91 Å². The standard InChI is InChI=1S/C24H18ClF2N3O/c1-29(2)17-9-8-16(19(25)13-17)12-22-24(31)30(18-10-11-20(26)21(27)14-18)23(28-22)15-6-4-3-5-7-15/h3-14H,1-2H3/b22-12+. The highest BCUT2D eigenvalue weighted by molar-refractivity contribution is 6.34. The van der Waals surface area contributed by atoms with Gasteiger partial charge in [0.2, 0.25) is 0 Å². The average Bonchev–Trinajstić information content (AvgIpc) is 3.08. The van der Waals surface area contributed by atoms with E-state index < -0.39 is 17.5 Å². The van der Waals surface area contributed by atoms with Crippen molar-refractivity contribution in [2.24, 2.45) is 4.99 Å². The summed E-state index contributed by atoms with van der Waals surface area (Å²) >= 11 is 6.41. The van der Waals surface area contributed by atoms with Crippen LogP contribution in [0.1, 0.15) is 11.1 Å². The molecule has 0 aromatic heterocycles. The Labute approximate surface area is 183 Å². The van der Waals surface area contributed by atoms with E-state index in [1.165, 1.54) is 11.0 Å². The van der Waals surface area contributed by atoms with Crippen LogP contribution in [0.2, 0.25) is 5.02 Å². The maximum Gasteiger partial charge on any atom is 0.282 e. The van der Waals surface area contributed by atoms with Crippen LogP contribution in [0.5, 0.6) is 0 Å². The van der Waals surface area contributed by atoms with Crippen LogP contribution in [0.15, 0.2) is 77.4 Å². The number of halogens is 3. The molecule has 0 spiro atoms. The second-order valence-corrected chi connectivity index (χ2v) is 7.58. The van der Waals surface area contributed by atoms with Gasteiger partial charge in [-0.25, -0.2) is 13.8 Å². The van der Waals surface area contributed by atoms with Crippen molar-refractivity contribution < 1.29 is 13.6 Å². The fourth-order valence-corrected chi connectivity index (χ4v) is 3.45. The second kappa shape index (κ2) is 8.32. The van der Waals surface area contributed by atoms with Crippen LogP contribution in [0.3, 0.4) is 0 Å². The third kappa shape index (κ3) is 4.07. The van der Waals surface area contributed by atoms with Crippen LogP contribution < -0.4 is 9.80 Å². The zero-order valence-electron chi connectivity index (χ0n) is 16.8. The molecule has 1 aliphatic heterocycles. The first-order valence-electron chi connectivity index (χ1n) is 9.47. The Morgan fingerprint density at radius 3 is 2.35 bits per heavy atom. The van der Waals surface area contributed by atoms with Crippen LogP contribution in [0.4, 0.5) is 20.2 Å². The molecule has 0 fully saturated rings. The van der Waals surface area contributed by atoms with Crippen molar-refractivity contribution in [3.8, 4) is 0 Å². The van der Waals surface area contributed by atoms with E-state index in [1.807, 2.05) is 43.3 Å². The summed E-state index contributed by atoms with van der Waals surface area (Å²) in [4.78, 5) is 21.0. The third-order valence-corrected chi connectivity index (χ3v) is 5.17. The number of amides is 1. The van der Waals surface area contributed by atoms with Gasteiger partial charge in [0, 0.05) is 36.4 Å². The topological polar surface area (TPSA) is 35.9 Å². The number of anilines is 2. The van der Waals surface area contributed by atoms with Crippen molar-refractivity contribution in [1.82, 2.24) is 0 Å². The van der Waals surface area contributed by atoms with Gasteiger partial charge >= 0.3 is 0 Å². The maximum absolute atomic E-state index is 13.9. The zero-order chi connectivity index (χ0) is 22.1. The molecule has 156 valence electrons. The number of rotatable bonds is 4. The number of aliphatic imine (C=N–C) groups is 1. The van der Waals surface area contributed by atoms with Gasteiger partial charge in [0.15, 0.2) is 11.6 Å². The highest BCUT2D eigenvalue weighted by Gasteiger charge is 2.33. The first-order chi connectivity index (χ1) is 14.8. The van der Waals surface area contributed by atoms with E-state index in [2.05, 4.69) is 4.99 Å². The molecule has 4 rings (SSSR count). The largest absolute Gasteiger partial charge is 0.378 e. The summed E-state index contributed by atoms with van der Waals surface area (Å²) in [7, 11) is 3.81. The Bertz CT molecular complexity index is 1220. The normalized spacial score (nSPS) is 14.9. The molecule has 0 aliphatic carbocycles. The van der Waals surface area contributed by atoms with Gasteiger partial charge in [0.1, 0.15) is 11.5 Å². The molecule has 1 heterocycles. The lowest BCUT2D eigenvalue weighted by molar-refractivity contribution is -0.113. The molecular formula is C24H18ClF2N3O. The summed E-state index contributed by atoms with van der Waals surface area (Å²) in [5.41, 5.74) is 2.53. The molecule has 1 amide bonds. The molecule has 0 unspecified atom stereocenters. The fraction of sp³-hybridized carbons (Fsp3) is 0.0833. The maximum atomic E-state index is 13.9. The van der Waals surface area contributed by atoms with E-state index >= 15 is 0 Å². The molecule has 7 heteroatoms. The van der Waals surface area contributed by atoms with E-state index in [-0.39, 0.29) is 11.4 Å². The van der Waals surface area contributed by atoms with Crippen molar-refractivity contribution in [2.75, 3.05) is 23.9 Å². The van der Waals surface area contributed by atoms with Gasteiger partial charge in [-0.15, -0.1) is 0 Å². The number of carbonyl (C=O) groups excluding carboxylic acids is 1. The van der Waals surface area contributed by atoms with Crippen LogP contribution in [0.25, 0.3) is 6.08 Å². The number of hydrogen-bond donors (Lipinski definition) is 0. The highest BCUT2D eigenvalue weighted by Crippen LogP contribution is 2.31. The monoisotopic (exact) mass is 437 g/mol. The van der Waals surface area contributed by atoms with Crippen LogP contribution >= 0.6 is 11.6 Å². The first-order valence-corrected chi connectivity index (χ1v) is 9.85. The smallest absolute Gasteiger partial charge is 0.282 e. The number of amidine groups is 1. The average molecular weight is 438 g/mol. The summed E-state index contributed by atoms with van der Waals surface area (Å²) in [6, 6.07) is 17.8. The summed E-state index contributed by atoms with van der Waals surface area (Å²) in [6.07, 6.45) is 1.59. The zero-order valence-corrected chi connectivity index (χ0v) is 17.6. The van der Waals surface area contributed by atoms with Crippen molar-refractivity contribution in [3.63, 3.8) is 0 Å². The van der Waals surface area contributed by atoms with E-state index in [0.717, 1.165) is 17.8 Å². The van der Waals surface area contributed by atoms with Gasteiger partial charge in [-0.3, -0.25) is 9.69 Å². The second-order valence-electron chi connectivity index (χ2n) is 7.17. The Morgan fingerprint density at radius 1 is 0.968 bits per heavy atom. The Kier molecular flexibility index (Phi) is 5.57. The summed E-state index contributed by atoms with van der Waals surface area (Å²) < 4.78 is 27.4. The molecule has 0 radical (unpaired) electrons. The summed E-state index contributed by atoms with van der Waals surface area (Å²) in [5.74, 6) is -2.17. The van der Waals surface area contributed by atoms with E-state index in [9.17, 15) is 13.6 Å². The molecule has 0 N–H and O–H groups in total. The molecular weight excluding hydrogens is 420 g/mol. The minimum atomic E-state index is -1.04. The summed E-state index contributed by atoms with van der Waals surface area (Å²) in [5, 5.41) is 0.467. The molecule has 0 bridgehead atoms. The number of nitrogens with zero attached hydrogens (tertiary/aromatic N) is 3. The van der Waals surface area contributed by atoms with Gasteiger partial charge in [0.05, 0.1) is 5.69 Å². The Morgan fingerprint density at radius 2 is 1.71 bits per heavy atom. The quantitative estimate of drug-likeness (QED) is 0.504. The van der Waals surface area contributed by atoms with E-state index in [0.29, 0.717) is 22.0 Å². The lowest BCUT2D eigenvalue weighted by Gasteiger charge is -2.18. The predicted octanol–water partition coefficient (Wildman–Crippen LogP) is 5.52. The number of benzene rings is 3. The Hall–Kier alpha value is -3.51. The van der Waals surface area contributed by atoms with Crippen molar-refractivity contribution >= 4 is 40.8 Å².